The van der Waals surface area contributed by atoms with Crippen LogP contribution >= 0.6 is 0 Å². The van der Waals surface area contributed by atoms with Gasteiger partial charge in [-0.2, -0.15) is 0 Å². The summed E-state index contributed by atoms with van der Waals surface area (Å²) in [5, 5.41) is 0. The van der Waals surface area contributed by atoms with Crippen LogP contribution in [-0.4, -0.2) is 30.4 Å². The second kappa shape index (κ2) is 7.28. The Kier molecular flexibility index (Phi) is 5.68. The van der Waals surface area contributed by atoms with Gasteiger partial charge < -0.3 is 10.6 Å². The molecule has 0 aromatic rings. The quantitative estimate of drug-likeness (QED) is 0.853. The van der Waals surface area contributed by atoms with Gasteiger partial charge in [0.05, 0.1) is 0 Å². The Hall–Kier alpha value is -0.570. The summed E-state index contributed by atoms with van der Waals surface area (Å²) in [6.07, 6.45) is 13.1. The molecule has 1 saturated carbocycles. The van der Waals surface area contributed by atoms with Crippen molar-refractivity contribution in [2.24, 2.45) is 11.1 Å². The molecule has 0 bridgehead atoms. The molecule has 0 aromatic carbocycles. The van der Waals surface area contributed by atoms with Crippen LogP contribution in [0.15, 0.2) is 0 Å². The predicted molar refractivity (Wildman–Crippen MR) is 78.9 cm³/mol. The van der Waals surface area contributed by atoms with E-state index in [9.17, 15) is 4.79 Å². The van der Waals surface area contributed by atoms with Gasteiger partial charge in [0.2, 0.25) is 5.91 Å². The molecule has 19 heavy (non-hydrogen) atoms. The van der Waals surface area contributed by atoms with Crippen LogP contribution in [0.1, 0.15) is 70.6 Å². The van der Waals surface area contributed by atoms with Crippen molar-refractivity contribution < 1.29 is 4.79 Å². The second-order valence-electron chi connectivity index (χ2n) is 6.59. The van der Waals surface area contributed by atoms with Gasteiger partial charge in [0.25, 0.3) is 0 Å². The van der Waals surface area contributed by atoms with Crippen molar-refractivity contribution in [1.82, 2.24) is 4.90 Å². The molecule has 3 nitrogen and oxygen atoms in total. The first kappa shape index (κ1) is 14.8. The lowest BCUT2D eigenvalue weighted by Gasteiger charge is -2.37. The third kappa shape index (κ3) is 4.20. The van der Waals surface area contributed by atoms with Gasteiger partial charge in [-0.15, -0.1) is 0 Å². The maximum absolute atomic E-state index is 12.6. The van der Waals surface area contributed by atoms with E-state index in [2.05, 4.69) is 4.90 Å². The Bertz CT molecular complexity index is 276. The number of hydrogen-bond donors (Lipinski definition) is 1. The average molecular weight is 266 g/mol. The fourth-order valence-electron chi connectivity index (χ4n) is 3.68. The highest BCUT2D eigenvalue weighted by atomic mass is 16.2. The van der Waals surface area contributed by atoms with Crippen molar-refractivity contribution in [2.75, 3.05) is 19.6 Å². The third-order valence-electron chi connectivity index (χ3n) is 5.08. The van der Waals surface area contributed by atoms with E-state index in [-0.39, 0.29) is 5.41 Å². The van der Waals surface area contributed by atoms with E-state index in [1.807, 2.05) is 0 Å². The fraction of sp³-hybridized carbons (Fsp3) is 0.938. The number of rotatable bonds is 3. The number of carbonyl (C=O) groups is 1. The number of likely N-dealkylation sites (tertiary alicyclic amines) is 1. The monoisotopic (exact) mass is 266 g/mol. The first-order chi connectivity index (χ1) is 9.26. The maximum atomic E-state index is 12.6. The van der Waals surface area contributed by atoms with Gasteiger partial charge in [-0.3, -0.25) is 4.79 Å². The van der Waals surface area contributed by atoms with Crippen LogP contribution in [0.4, 0.5) is 0 Å². The van der Waals surface area contributed by atoms with Gasteiger partial charge in [0.15, 0.2) is 0 Å². The molecule has 0 atom stereocenters. The van der Waals surface area contributed by atoms with Gasteiger partial charge in [0.1, 0.15) is 0 Å². The highest BCUT2D eigenvalue weighted by molar-refractivity contribution is 5.77. The smallest absolute Gasteiger partial charge is 0.223 e. The van der Waals surface area contributed by atoms with Crippen LogP contribution in [-0.2, 0) is 4.79 Å². The fourth-order valence-corrected chi connectivity index (χ4v) is 3.68. The van der Waals surface area contributed by atoms with Gasteiger partial charge in [-0.05, 0) is 37.6 Å². The molecule has 0 spiro atoms. The van der Waals surface area contributed by atoms with Crippen LogP contribution in [0.5, 0.6) is 0 Å². The summed E-state index contributed by atoms with van der Waals surface area (Å²) in [6, 6.07) is 0. The molecule has 1 aliphatic carbocycles. The molecule has 2 N–H and O–H groups in total. The Labute approximate surface area is 117 Å². The molecule has 2 fully saturated rings. The molecule has 1 saturated heterocycles. The molecular formula is C16H30N2O. The summed E-state index contributed by atoms with van der Waals surface area (Å²) in [7, 11) is 0. The minimum absolute atomic E-state index is 0.123. The molecule has 2 rings (SSSR count). The predicted octanol–water partition coefficient (Wildman–Crippen LogP) is 3.08. The van der Waals surface area contributed by atoms with Crippen LogP contribution in [0.2, 0.25) is 0 Å². The zero-order valence-electron chi connectivity index (χ0n) is 12.3. The van der Waals surface area contributed by atoms with Gasteiger partial charge in [0, 0.05) is 19.5 Å². The van der Waals surface area contributed by atoms with E-state index >= 15 is 0 Å². The summed E-state index contributed by atoms with van der Waals surface area (Å²) in [5.41, 5.74) is 6.12. The van der Waals surface area contributed by atoms with E-state index in [1.54, 1.807) is 0 Å². The van der Waals surface area contributed by atoms with Gasteiger partial charge in [-0.25, -0.2) is 0 Å². The van der Waals surface area contributed by atoms with Crippen molar-refractivity contribution in [3.63, 3.8) is 0 Å². The van der Waals surface area contributed by atoms with E-state index in [0.29, 0.717) is 18.9 Å². The summed E-state index contributed by atoms with van der Waals surface area (Å²) in [4.78, 5) is 14.7. The molecule has 1 aliphatic heterocycles. The molecule has 110 valence electrons. The Morgan fingerprint density at radius 3 is 2.00 bits per heavy atom. The van der Waals surface area contributed by atoms with Gasteiger partial charge >= 0.3 is 0 Å². The van der Waals surface area contributed by atoms with Crippen molar-refractivity contribution in [2.45, 2.75) is 70.6 Å². The topological polar surface area (TPSA) is 46.3 Å². The molecular weight excluding hydrogens is 236 g/mol. The number of nitrogens with two attached hydrogens (primary N) is 1. The van der Waals surface area contributed by atoms with Crippen molar-refractivity contribution >= 4 is 5.91 Å². The maximum Gasteiger partial charge on any atom is 0.223 e. The van der Waals surface area contributed by atoms with E-state index in [1.165, 1.54) is 51.4 Å². The normalized spacial score (nSPS) is 24.6. The summed E-state index contributed by atoms with van der Waals surface area (Å²) in [6.45, 7) is 2.63. The number of hydrogen-bond acceptors (Lipinski definition) is 2. The van der Waals surface area contributed by atoms with Crippen molar-refractivity contribution in [1.29, 1.82) is 0 Å². The number of amides is 1. The Balaban J connectivity index is 1.90. The van der Waals surface area contributed by atoms with Crippen LogP contribution in [0.25, 0.3) is 0 Å². The zero-order valence-corrected chi connectivity index (χ0v) is 12.3. The summed E-state index contributed by atoms with van der Waals surface area (Å²) >= 11 is 0. The Morgan fingerprint density at radius 1 is 0.895 bits per heavy atom. The van der Waals surface area contributed by atoms with Crippen molar-refractivity contribution in [3.8, 4) is 0 Å². The minimum atomic E-state index is 0.123. The molecule has 1 amide bonds. The highest BCUT2D eigenvalue weighted by Crippen LogP contribution is 2.38. The first-order valence-corrected chi connectivity index (χ1v) is 8.24. The molecule has 0 unspecified atom stereocenters. The largest absolute Gasteiger partial charge is 0.343 e. The molecule has 0 radical (unpaired) electrons. The lowest BCUT2D eigenvalue weighted by atomic mass is 9.71. The third-order valence-corrected chi connectivity index (χ3v) is 5.08. The van der Waals surface area contributed by atoms with E-state index in [0.717, 1.165) is 25.9 Å². The molecule has 0 aromatic heterocycles. The summed E-state index contributed by atoms with van der Waals surface area (Å²) in [5.74, 6) is 0.370. The minimum Gasteiger partial charge on any atom is -0.343 e. The lowest BCUT2D eigenvalue weighted by Crippen LogP contribution is -2.41. The molecule has 3 heteroatoms. The zero-order chi connectivity index (χ0) is 13.6. The standard InChI is InChI=1S/C16H30N2O/c17-14-16(9-5-4-6-10-16)13-15(19)18-11-7-2-1-3-8-12-18/h1-14,17H2. The summed E-state index contributed by atoms with van der Waals surface area (Å²) < 4.78 is 0. The second-order valence-corrected chi connectivity index (χ2v) is 6.59. The number of nitrogens with zero attached hydrogens (tertiary/aromatic N) is 1. The molecule has 2 aliphatic rings. The number of carbonyl (C=O) groups excluding carboxylic acids is 1. The van der Waals surface area contributed by atoms with E-state index in [4.69, 9.17) is 5.73 Å². The van der Waals surface area contributed by atoms with Crippen LogP contribution < -0.4 is 5.73 Å². The van der Waals surface area contributed by atoms with Crippen LogP contribution in [0, 0.1) is 5.41 Å². The highest BCUT2D eigenvalue weighted by Gasteiger charge is 2.34. The average Bonchev–Trinajstić information content (AvgIpc) is 2.39. The lowest BCUT2D eigenvalue weighted by molar-refractivity contribution is -0.134. The van der Waals surface area contributed by atoms with E-state index < -0.39 is 0 Å². The Morgan fingerprint density at radius 2 is 1.42 bits per heavy atom. The SMILES string of the molecule is NCC1(CC(=O)N2CCCCCCC2)CCCCC1. The van der Waals surface area contributed by atoms with Crippen molar-refractivity contribution in [3.05, 3.63) is 0 Å². The van der Waals surface area contributed by atoms with Crippen LogP contribution in [0.3, 0.4) is 0 Å². The molecule has 1 heterocycles. The first-order valence-electron chi connectivity index (χ1n) is 8.24. The van der Waals surface area contributed by atoms with Gasteiger partial charge in [-0.1, -0.05) is 38.5 Å².